The van der Waals surface area contributed by atoms with Crippen molar-refractivity contribution in [2.75, 3.05) is 0 Å². The van der Waals surface area contributed by atoms with Gasteiger partial charge in [-0.25, -0.2) is 0 Å². The molecule has 3 unspecified atom stereocenters. The number of hydrogen-bond acceptors (Lipinski definition) is 2. The minimum atomic E-state index is 0.527. The maximum Gasteiger partial charge on any atom is 0.122 e. The molecule has 1 aromatic heterocycles. The molecule has 1 aliphatic heterocycles. The summed E-state index contributed by atoms with van der Waals surface area (Å²) in [5.74, 6) is 1.63. The predicted molar refractivity (Wildman–Crippen MR) is 60.4 cm³/mol. The van der Waals surface area contributed by atoms with Gasteiger partial charge in [-0.2, -0.15) is 0 Å². The molecule has 1 N–H and O–H groups in total. The van der Waals surface area contributed by atoms with E-state index in [4.69, 9.17) is 4.42 Å². The van der Waals surface area contributed by atoms with E-state index < -0.39 is 0 Å². The third-order valence-electron chi connectivity index (χ3n) is 3.01. The minimum absolute atomic E-state index is 0.527. The smallest absolute Gasteiger partial charge is 0.122 e. The van der Waals surface area contributed by atoms with Crippen molar-refractivity contribution in [1.82, 2.24) is 5.32 Å². The lowest BCUT2D eigenvalue weighted by atomic mass is 9.95. The van der Waals surface area contributed by atoms with Gasteiger partial charge in [0.25, 0.3) is 0 Å². The average molecular weight is 258 g/mol. The number of furan rings is 1. The van der Waals surface area contributed by atoms with Gasteiger partial charge in [-0.15, -0.1) is 0 Å². The van der Waals surface area contributed by atoms with Crippen molar-refractivity contribution in [3.63, 3.8) is 0 Å². The highest BCUT2D eigenvalue weighted by Gasteiger charge is 2.34. The fourth-order valence-corrected chi connectivity index (χ4v) is 2.85. The minimum Gasteiger partial charge on any atom is -0.468 e. The predicted octanol–water partition coefficient (Wildman–Crippen LogP) is 3.29. The van der Waals surface area contributed by atoms with Crippen LogP contribution in [0.25, 0.3) is 0 Å². The Kier molecular flexibility index (Phi) is 2.98. The topological polar surface area (TPSA) is 25.2 Å². The van der Waals surface area contributed by atoms with E-state index in [0.29, 0.717) is 18.0 Å². The Balaban J connectivity index is 2.21. The molecule has 14 heavy (non-hydrogen) atoms. The Bertz CT molecular complexity index is 310. The Morgan fingerprint density at radius 1 is 1.64 bits per heavy atom. The highest BCUT2D eigenvalue weighted by atomic mass is 79.9. The maximum absolute atomic E-state index is 5.54. The summed E-state index contributed by atoms with van der Waals surface area (Å²) < 4.78 is 6.65. The van der Waals surface area contributed by atoms with Crippen LogP contribution >= 0.6 is 15.9 Å². The van der Waals surface area contributed by atoms with Gasteiger partial charge in [0.15, 0.2) is 0 Å². The standard InChI is InChI=1S/C11H16BrNO/c1-3-10-8(6-7(2)13-10)11-9(12)4-5-14-11/h4-5,7-8,10,13H,3,6H2,1-2H3. The fourth-order valence-electron chi connectivity index (χ4n) is 2.36. The first-order chi connectivity index (χ1) is 6.72. The van der Waals surface area contributed by atoms with Crippen LogP contribution in [0.5, 0.6) is 0 Å². The zero-order valence-corrected chi connectivity index (χ0v) is 10.2. The van der Waals surface area contributed by atoms with E-state index in [1.54, 1.807) is 6.26 Å². The summed E-state index contributed by atoms with van der Waals surface area (Å²) in [4.78, 5) is 0. The summed E-state index contributed by atoms with van der Waals surface area (Å²) in [7, 11) is 0. The molecule has 0 spiro atoms. The molecular formula is C11H16BrNO. The summed E-state index contributed by atoms with van der Waals surface area (Å²) in [6.07, 6.45) is 4.09. The lowest BCUT2D eigenvalue weighted by Gasteiger charge is -2.15. The molecule has 2 rings (SSSR count). The summed E-state index contributed by atoms with van der Waals surface area (Å²) in [5, 5.41) is 3.59. The molecule has 3 atom stereocenters. The number of halogens is 1. The third kappa shape index (κ3) is 1.75. The summed E-state index contributed by atoms with van der Waals surface area (Å²) >= 11 is 3.53. The molecule has 0 aromatic carbocycles. The molecule has 2 nitrogen and oxygen atoms in total. The molecule has 0 saturated carbocycles. The second kappa shape index (κ2) is 4.07. The van der Waals surface area contributed by atoms with Crippen LogP contribution in [0.15, 0.2) is 21.2 Å². The molecule has 0 amide bonds. The van der Waals surface area contributed by atoms with Crippen molar-refractivity contribution in [2.24, 2.45) is 0 Å². The highest BCUT2D eigenvalue weighted by molar-refractivity contribution is 9.10. The Morgan fingerprint density at radius 3 is 3.00 bits per heavy atom. The van der Waals surface area contributed by atoms with Gasteiger partial charge in [0, 0.05) is 18.0 Å². The van der Waals surface area contributed by atoms with E-state index in [-0.39, 0.29) is 0 Å². The van der Waals surface area contributed by atoms with Gasteiger partial charge in [0.05, 0.1) is 10.7 Å². The second-order valence-electron chi connectivity index (χ2n) is 4.06. The fraction of sp³-hybridized carbons (Fsp3) is 0.636. The van der Waals surface area contributed by atoms with Crippen molar-refractivity contribution in [3.8, 4) is 0 Å². The summed E-state index contributed by atoms with van der Waals surface area (Å²) in [5.41, 5.74) is 0. The maximum atomic E-state index is 5.54. The van der Waals surface area contributed by atoms with Crippen molar-refractivity contribution in [1.29, 1.82) is 0 Å². The van der Waals surface area contributed by atoms with Gasteiger partial charge >= 0.3 is 0 Å². The van der Waals surface area contributed by atoms with Crippen LogP contribution in [-0.4, -0.2) is 12.1 Å². The van der Waals surface area contributed by atoms with Crippen molar-refractivity contribution in [3.05, 3.63) is 22.6 Å². The van der Waals surface area contributed by atoms with Crippen LogP contribution in [0.3, 0.4) is 0 Å². The number of rotatable bonds is 2. The molecule has 0 bridgehead atoms. The zero-order valence-electron chi connectivity index (χ0n) is 8.59. The number of hydrogen-bond donors (Lipinski definition) is 1. The van der Waals surface area contributed by atoms with Crippen LogP contribution in [0, 0.1) is 0 Å². The SMILES string of the molecule is CCC1NC(C)CC1c1occc1Br. The molecule has 1 aliphatic rings. The molecular weight excluding hydrogens is 242 g/mol. The van der Waals surface area contributed by atoms with Crippen molar-refractivity contribution >= 4 is 15.9 Å². The molecule has 0 aliphatic carbocycles. The largest absolute Gasteiger partial charge is 0.468 e. The number of nitrogens with one attached hydrogen (secondary N) is 1. The zero-order chi connectivity index (χ0) is 10.1. The van der Waals surface area contributed by atoms with Crippen LogP contribution in [0.1, 0.15) is 38.4 Å². The van der Waals surface area contributed by atoms with Gasteiger partial charge in [-0.3, -0.25) is 0 Å². The first kappa shape index (κ1) is 10.2. The van der Waals surface area contributed by atoms with Crippen LogP contribution in [-0.2, 0) is 0 Å². The van der Waals surface area contributed by atoms with Crippen molar-refractivity contribution < 1.29 is 4.42 Å². The molecule has 3 heteroatoms. The molecule has 1 fully saturated rings. The molecule has 0 radical (unpaired) electrons. The van der Waals surface area contributed by atoms with E-state index in [0.717, 1.165) is 16.7 Å². The normalized spacial score (nSPS) is 32.4. The van der Waals surface area contributed by atoms with E-state index >= 15 is 0 Å². The van der Waals surface area contributed by atoms with E-state index in [1.807, 2.05) is 6.07 Å². The van der Waals surface area contributed by atoms with Crippen molar-refractivity contribution in [2.45, 2.75) is 44.7 Å². The summed E-state index contributed by atoms with van der Waals surface area (Å²) in [6.45, 7) is 4.46. The van der Waals surface area contributed by atoms with Crippen LogP contribution in [0.2, 0.25) is 0 Å². The van der Waals surface area contributed by atoms with Gasteiger partial charge in [0.1, 0.15) is 5.76 Å². The van der Waals surface area contributed by atoms with E-state index in [2.05, 4.69) is 35.1 Å². The van der Waals surface area contributed by atoms with Gasteiger partial charge in [0.2, 0.25) is 0 Å². The molecule has 1 saturated heterocycles. The van der Waals surface area contributed by atoms with Gasteiger partial charge in [-0.05, 0) is 41.8 Å². The van der Waals surface area contributed by atoms with Crippen LogP contribution in [0.4, 0.5) is 0 Å². The molecule has 2 heterocycles. The Labute approximate surface area is 93.2 Å². The quantitative estimate of drug-likeness (QED) is 0.880. The first-order valence-corrected chi connectivity index (χ1v) is 6.00. The lowest BCUT2D eigenvalue weighted by Crippen LogP contribution is -2.28. The highest BCUT2D eigenvalue weighted by Crippen LogP contribution is 2.36. The third-order valence-corrected chi connectivity index (χ3v) is 3.67. The Morgan fingerprint density at radius 2 is 2.43 bits per heavy atom. The van der Waals surface area contributed by atoms with E-state index in [1.165, 1.54) is 6.42 Å². The van der Waals surface area contributed by atoms with Gasteiger partial charge < -0.3 is 9.73 Å². The molecule has 78 valence electrons. The lowest BCUT2D eigenvalue weighted by molar-refractivity contribution is 0.422. The molecule has 1 aromatic rings. The average Bonchev–Trinajstić information content (AvgIpc) is 2.71. The van der Waals surface area contributed by atoms with Gasteiger partial charge in [-0.1, -0.05) is 6.92 Å². The Hall–Kier alpha value is -0.280. The monoisotopic (exact) mass is 257 g/mol. The van der Waals surface area contributed by atoms with E-state index in [9.17, 15) is 0 Å². The summed E-state index contributed by atoms with van der Waals surface area (Å²) in [6, 6.07) is 3.14. The van der Waals surface area contributed by atoms with Crippen LogP contribution < -0.4 is 5.32 Å². The first-order valence-electron chi connectivity index (χ1n) is 5.21. The second-order valence-corrected chi connectivity index (χ2v) is 4.91.